The summed E-state index contributed by atoms with van der Waals surface area (Å²) in [5.41, 5.74) is 11.9. The molecule has 104 valence electrons. The van der Waals surface area contributed by atoms with Gasteiger partial charge in [-0.25, -0.2) is 4.39 Å². The van der Waals surface area contributed by atoms with Gasteiger partial charge in [0, 0.05) is 21.2 Å². The number of rotatable bonds is 4. The number of thioether (sulfide) groups is 1. The lowest BCUT2D eigenvalue weighted by Crippen LogP contribution is -2.10. The van der Waals surface area contributed by atoms with Crippen molar-refractivity contribution < 1.29 is 9.18 Å². The standard InChI is InChI=1S/C14H12ClFN2OS/c15-11-5-8(14(18)19)1-2-9(11)7-20-10-3-4-13(17)12(16)6-10/h1-6H,7,17H2,(H2,18,19). The summed E-state index contributed by atoms with van der Waals surface area (Å²) in [4.78, 5) is 11.8. The zero-order chi connectivity index (χ0) is 14.7. The monoisotopic (exact) mass is 310 g/mol. The average molecular weight is 311 g/mol. The summed E-state index contributed by atoms with van der Waals surface area (Å²) >= 11 is 7.51. The van der Waals surface area contributed by atoms with Gasteiger partial charge in [0.15, 0.2) is 0 Å². The number of carbonyl (C=O) groups excluding carboxylic acids is 1. The maximum Gasteiger partial charge on any atom is 0.248 e. The molecule has 0 aliphatic carbocycles. The number of carbonyl (C=O) groups is 1. The first-order chi connectivity index (χ1) is 9.47. The van der Waals surface area contributed by atoms with Crippen molar-refractivity contribution in [3.8, 4) is 0 Å². The number of primary amides is 1. The lowest BCUT2D eigenvalue weighted by Gasteiger charge is -2.06. The van der Waals surface area contributed by atoms with Crippen LogP contribution in [0.5, 0.6) is 0 Å². The van der Waals surface area contributed by atoms with Crippen molar-refractivity contribution in [2.24, 2.45) is 5.73 Å². The van der Waals surface area contributed by atoms with Gasteiger partial charge in [-0.15, -0.1) is 11.8 Å². The number of anilines is 1. The fourth-order valence-electron chi connectivity index (χ4n) is 1.58. The number of halogens is 2. The molecule has 1 amide bonds. The van der Waals surface area contributed by atoms with Crippen molar-refractivity contribution in [1.29, 1.82) is 0 Å². The maximum absolute atomic E-state index is 13.3. The van der Waals surface area contributed by atoms with E-state index in [-0.39, 0.29) is 5.69 Å². The third-order valence-corrected chi connectivity index (χ3v) is 4.10. The molecule has 0 aliphatic rings. The quantitative estimate of drug-likeness (QED) is 0.671. The Morgan fingerprint density at radius 1 is 1.25 bits per heavy atom. The molecule has 3 nitrogen and oxygen atoms in total. The van der Waals surface area contributed by atoms with Gasteiger partial charge in [-0.1, -0.05) is 17.7 Å². The van der Waals surface area contributed by atoms with Gasteiger partial charge in [-0.05, 0) is 35.9 Å². The van der Waals surface area contributed by atoms with Crippen LogP contribution in [-0.2, 0) is 5.75 Å². The van der Waals surface area contributed by atoms with E-state index < -0.39 is 11.7 Å². The molecule has 2 rings (SSSR count). The molecule has 0 saturated heterocycles. The molecule has 0 spiro atoms. The van der Waals surface area contributed by atoms with Crippen LogP contribution in [0.3, 0.4) is 0 Å². The van der Waals surface area contributed by atoms with Gasteiger partial charge in [0.05, 0.1) is 5.69 Å². The number of nitrogens with two attached hydrogens (primary N) is 2. The minimum Gasteiger partial charge on any atom is -0.396 e. The average Bonchev–Trinajstić information content (AvgIpc) is 2.41. The smallest absolute Gasteiger partial charge is 0.248 e. The van der Waals surface area contributed by atoms with E-state index in [4.69, 9.17) is 23.1 Å². The second-order valence-electron chi connectivity index (χ2n) is 4.14. The minimum atomic E-state index is -0.522. The second kappa shape index (κ2) is 6.15. The summed E-state index contributed by atoms with van der Waals surface area (Å²) in [6, 6.07) is 9.54. The molecular formula is C14H12ClFN2OS. The summed E-state index contributed by atoms with van der Waals surface area (Å²) in [6.07, 6.45) is 0. The summed E-state index contributed by atoms with van der Waals surface area (Å²) in [5.74, 6) is -0.404. The number of hydrogen-bond donors (Lipinski definition) is 2. The van der Waals surface area contributed by atoms with Crippen LogP contribution in [0.2, 0.25) is 5.02 Å². The third-order valence-electron chi connectivity index (χ3n) is 2.70. The molecule has 0 radical (unpaired) electrons. The Hall–Kier alpha value is -1.72. The maximum atomic E-state index is 13.3. The van der Waals surface area contributed by atoms with Gasteiger partial charge in [0.1, 0.15) is 5.82 Å². The molecule has 20 heavy (non-hydrogen) atoms. The fraction of sp³-hybridized carbons (Fsp3) is 0.0714. The predicted molar refractivity (Wildman–Crippen MR) is 80.3 cm³/mol. The van der Waals surface area contributed by atoms with E-state index in [1.54, 1.807) is 18.2 Å². The molecule has 0 saturated carbocycles. The number of hydrogen-bond acceptors (Lipinski definition) is 3. The summed E-state index contributed by atoms with van der Waals surface area (Å²) in [7, 11) is 0. The SMILES string of the molecule is NC(=O)c1ccc(CSc2ccc(N)c(F)c2)c(Cl)c1. The molecule has 0 bridgehead atoms. The zero-order valence-electron chi connectivity index (χ0n) is 10.4. The highest BCUT2D eigenvalue weighted by Gasteiger charge is 2.07. The van der Waals surface area contributed by atoms with Crippen LogP contribution in [0.25, 0.3) is 0 Å². The Bertz CT molecular complexity index is 664. The van der Waals surface area contributed by atoms with E-state index in [1.807, 2.05) is 0 Å². The largest absolute Gasteiger partial charge is 0.396 e. The van der Waals surface area contributed by atoms with E-state index in [0.29, 0.717) is 16.3 Å². The molecule has 0 unspecified atom stereocenters. The van der Waals surface area contributed by atoms with Crippen molar-refractivity contribution >= 4 is 35.0 Å². The van der Waals surface area contributed by atoms with E-state index in [2.05, 4.69) is 0 Å². The highest BCUT2D eigenvalue weighted by atomic mass is 35.5. The number of nitrogen functional groups attached to an aromatic ring is 1. The Morgan fingerprint density at radius 2 is 2.00 bits per heavy atom. The van der Waals surface area contributed by atoms with Crippen molar-refractivity contribution in [2.45, 2.75) is 10.6 Å². The van der Waals surface area contributed by atoms with Crippen molar-refractivity contribution in [2.75, 3.05) is 5.73 Å². The van der Waals surface area contributed by atoms with Gasteiger partial charge in [-0.3, -0.25) is 4.79 Å². The first kappa shape index (κ1) is 14.7. The Kier molecular flexibility index (Phi) is 4.52. The highest BCUT2D eigenvalue weighted by Crippen LogP contribution is 2.28. The Labute approximate surface area is 125 Å². The molecule has 6 heteroatoms. The lowest BCUT2D eigenvalue weighted by molar-refractivity contribution is 0.100. The van der Waals surface area contributed by atoms with Crippen molar-refractivity contribution in [3.05, 3.63) is 58.4 Å². The second-order valence-corrected chi connectivity index (χ2v) is 5.60. The van der Waals surface area contributed by atoms with Crippen LogP contribution in [0.4, 0.5) is 10.1 Å². The molecule has 0 heterocycles. The number of amides is 1. The van der Waals surface area contributed by atoms with Crippen molar-refractivity contribution in [3.63, 3.8) is 0 Å². The first-order valence-electron chi connectivity index (χ1n) is 5.73. The molecule has 0 fully saturated rings. The van der Waals surface area contributed by atoms with Crippen LogP contribution in [0.1, 0.15) is 15.9 Å². The van der Waals surface area contributed by atoms with Crippen LogP contribution < -0.4 is 11.5 Å². The molecular weight excluding hydrogens is 299 g/mol. The van der Waals surface area contributed by atoms with Crippen LogP contribution in [-0.4, -0.2) is 5.91 Å². The van der Waals surface area contributed by atoms with Gasteiger partial charge in [0.25, 0.3) is 0 Å². The van der Waals surface area contributed by atoms with E-state index in [1.165, 1.54) is 30.0 Å². The lowest BCUT2D eigenvalue weighted by atomic mass is 10.1. The topological polar surface area (TPSA) is 69.1 Å². The minimum absolute atomic E-state index is 0.123. The van der Waals surface area contributed by atoms with Gasteiger partial charge >= 0.3 is 0 Å². The summed E-state index contributed by atoms with van der Waals surface area (Å²) < 4.78 is 13.3. The fourth-order valence-corrected chi connectivity index (χ4v) is 2.83. The van der Waals surface area contributed by atoms with Gasteiger partial charge in [0.2, 0.25) is 5.91 Å². The van der Waals surface area contributed by atoms with Gasteiger partial charge < -0.3 is 11.5 Å². The Balaban J connectivity index is 2.10. The van der Waals surface area contributed by atoms with Gasteiger partial charge in [-0.2, -0.15) is 0 Å². The van der Waals surface area contributed by atoms with E-state index >= 15 is 0 Å². The first-order valence-corrected chi connectivity index (χ1v) is 7.10. The molecule has 2 aromatic rings. The zero-order valence-corrected chi connectivity index (χ0v) is 12.0. The molecule has 0 atom stereocenters. The van der Waals surface area contributed by atoms with Crippen LogP contribution in [0, 0.1) is 5.82 Å². The van der Waals surface area contributed by atoms with E-state index in [0.717, 1.165) is 10.5 Å². The van der Waals surface area contributed by atoms with Crippen molar-refractivity contribution in [1.82, 2.24) is 0 Å². The molecule has 4 N–H and O–H groups in total. The van der Waals surface area contributed by atoms with Crippen LogP contribution >= 0.6 is 23.4 Å². The Morgan fingerprint density at radius 3 is 2.60 bits per heavy atom. The third kappa shape index (κ3) is 3.43. The summed E-state index contributed by atoms with van der Waals surface area (Å²) in [6.45, 7) is 0. The number of benzene rings is 2. The molecule has 0 aromatic heterocycles. The van der Waals surface area contributed by atoms with E-state index in [9.17, 15) is 9.18 Å². The summed E-state index contributed by atoms with van der Waals surface area (Å²) in [5, 5.41) is 0.463. The molecule has 2 aromatic carbocycles. The van der Waals surface area contributed by atoms with Crippen LogP contribution in [0.15, 0.2) is 41.3 Å². The molecule has 0 aliphatic heterocycles. The highest BCUT2D eigenvalue weighted by molar-refractivity contribution is 7.98. The normalized spacial score (nSPS) is 10.5. The predicted octanol–water partition coefficient (Wildman–Crippen LogP) is 3.45.